The average Bonchev–Trinajstić information content (AvgIpc) is 2.52. The number of fused-ring (bicyclic) bond motifs is 1. The Kier molecular flexibility index (Phi) is 3.52. The Labute approximate surface area is 124 Å². The first-order valence-corrected chi connectivity index (χ1v) is 7.14. The van der Waals surface area contributed by atoms with Crippen LogP contribution in [0.15, 0.2) is 36.5 Å². The molecule has 21 heavy (non-hydrogen) atoms. The molecule has 2 heterocycles. The average molecular weight is 278 g/mol. The van der Waals surface area contributed by atoms with Crippen LogP contribution in [0.5, 0.6) is 0 Å². The van der Waals surface area contributed by atoms with Crippen LogP contribution in [0.4, 0.5) is 5.82 Å². The number of aromatic nitrogens is 3. The van der Waals surface area contributed by atoms with Crippen molar-refractivity contribution in [3.63, 3.8) is 0 Å². The van der Waals surface area contributed by atoms with Crippen LogP contribution in [0, 0.1) is 13.8 Å². The minimum absolute atomic E-state index is 0.840. The van der Waals surface area contributed by atoms with E-state index in [1.54, 1.807) is 0 Å². The van der Waals surface area contributed by atoms with Gasteiger partial charge in [0.25, 0.3) is 0 Å². The van der Waals surface area contributed by atoms with Gasteiger partial charge in [0.2, 0.25) is 0 Å². The fourth-order valence-corrected chi connectivity index (χ4v) is 2.51. The molecule has 0 aliphatic heterocycles. The Hall–Kier alpha value is -2.49. The number of rotatable bonds is 3. The zero-order chi connectivity index (χ0) is 14.8. The topological polar surface area (TPSA) is 50.7 Å². The summed E-state index contributed by atoms with van der Waals surface area (Å²) in [6.45, 7) is 7.07. The maximum absolute atomic E-state index is 4.44. The third-order valence-electron chi connectivity index (χ3n) is 3.77. The Morgan fingerprint density at radius 3 is 2.67 bits per heavy atom. The molecule has 0 aliphatic carbocycles. The van der Waals surface area contributed by atoms with E-state index in [2.05, 4.69) is 53.4 Å². The largest absolute Gasteiger partial charge is 0.369 e. The van der Waals surface area contributed by atoms with Crippen molar-refractivity contribution < 1.29 is 0 Å². The van der Waals surface area contributed by atoms with E-state index in [1.807, 2.05) is 24.4 Å². The standard InChI is InChI=1S/C17H18N4/c1-4-18-17-12(3)11(2)16(20-21-17)14-7-5-9-15-13(14)8-6-10-19-15/h5-10H,4H2,1-3H3,(H,18,21). The predicted octanol–water partition coefficient (Wildman–Crippen LogP) is 3.74. The molecule has 0 amide bonds. The molecule has 0 bridgehead atoms. The SMILES string of the molecule is CCNc1nnc(-c2cccc3ncccc23)c(C)c1C. The van der Waals surface area contributed by atoms with E-state index >= 15 is 0 Å². The molecule has 0 atom stereocenters. The highest BCUT2D eigenvalue weighted by molar-refractivity contribution is 5.94. The summed E-state index contributed by atoms with van der Waals surface area (Å²) in [5.41, 5.74) is 5.27. The van der Waals surface area contributed by atoms with Crippen molar-refractivity contribution in [3.8, 4) is 11.3 Å². The minimum Gasteiger partial charge on any atom is -0.369 e. The van der Waals surface area contributed by atoms with Crippen molar-refractivity contribution in [2.75, 3.05) is 11.9 Å². The second-order valence-corrected chi connectivity index (χ2v) is 5.05. The fraction of sp³-hybridized carbons (Fsp3) is 0.235. The number of nitrogens with zero attached hydrogens (tertiary/aromatic N) is 3. The van der Waals surface area contributed by atoms with E-state index in [-0.39, 0.29) is 0 Å². The molecule has 3 rings (SSSR count). The van der Waals surface area contributed by atoms with Crippen molar-refractivity contribution in [1.29, 1.82) is 0 Å². The molecule has 0 spiro atoms. The number of nitrogens with one attached hydrogen (secondary N) is 1. The van der Waals surface area contributed by atoms with Crippen molar-refractivity contribution in [3.05, 3.63) is 47.7 Å². The minimum atomic E-state index is 0.840. The first kappa shape index (κ1) is 13.5. The van der Waals surface area contributed by atoms with Crippen LogP contribution in [-0.2, 0) is 0 Å². The summed E-state index contributed by atoms with van der Waals surface area (Å²) in [6.07, 6.45) is 1.81. The van der Waals surface area contributed by atoms with Crippen molar-refractivity contribution in [2.24, 2.45) is 0 Å². The molecule has 0 fully saturated rings. The zero-order valence-corrected chi connectivity index (χ0v) is 12.5. The molecule has 4 nitrogen and oxygen atoms in total. The molecule has 0 saturated heterocycles. The molecular weight excluding hydrogens is 260 g/mol. The van der Waals surface area contributed by atoms with Crippen LogP contribution in [0.1, 0.15) is 18.1 Å². The van der Waals surface area contributed by atoms with Gasteiger partial charge in [-0.05, 0) is 44.0 Å². The van der Waals surface area contributed by atoms with Gasteiger partial charge in [0.15, 0.2) is 5.82 Å². The first-order valence-electron chi connectivity index (χ1n) is 7.14. The maximum Gasteiger partial charge on any atom is 0.151 e. The Morgan fingerprint density at radius 2 is 1.86 bits per heavy atom. The van der Waals surface area contributed by atoms with Crippen LogP contribution in [0.2, 0.25) is 0 Å². The smallest absolute Gasteiger partial charge is 0.151 e. The Balaban J connectivity index is 2.22. The molecule has 1 N–H and O–H groups in total. The highest BCUT2D eigenvalue weighted by Crippen LogP contribution is 2.30. The summed E-state index contributed by atoms with van der Waals surface area (Å²) < 4.78 is 0. The van der Waals surface area contributed by atoms with Gasteiger partial charge in [-0.25, -0.2) is 0 Å². The fourth-order valence-electron chi connectivity index (χ4n) is 2.51. The molecule has 1 aromatic carbocycles. The van der Waals surface area contributed by atoms with Crippen LogP contribution < -0.4 is 5.32 Å². The lowest BCUT2D eigenvalue weighted by Gasteiger charge is -2.13. The van der Waals surface area contributed by atoms with E-state index in [1.165, 1.54) is 0 Å². The summed E-state index contributed by atoms with van der Waals surface area (Å²) in [7, 11) is 0. The van der Waals surface area contributed by atoms with Gasteiger partial charge < -0.3 is 5.32 Å². The van der Waals surface area contributed by atoms with Gasteiger partial charge in [-0.15, -0.1) is 10.2 Å². The van der Waals surface area contributed by atoms with Gasteiger partial charge in [0.05, 0.1) is 11.2 Å². The third-order valence-corrected chi connectivity index (χ3v) is 3.77. The number of hydrogen-bond acceptors (Lipinski definition) is 4. The third kappa shape index (κ3) is 2.33. The van der Waals surface area contributed by atoms with Crippen molar-refractivity contribution in [2.45, 2.75) is 20.8 Å². The number of benzene rings is 1. The van der Waals surface area contributed by atoms with E-state index < -0.39 is 0 Å². The van der Waals surface area contributed by atoms with Gasteiger partial charge in [-0.1, -0.05) is 18.2 Å². The van der Waals surface area contributed by atoms with Crippen LogP contribution in [-0.4, -0.2) is 21.7 Å². The molecule has 4 heteroatoms. The summed E-state index contributed by atoms with van der Waals surface area (Å²) in [6, 6.07) is 10.1. The Morgan fingerprint density at radius 1 is 1.00 bits per heavy atom. The van der Waals surface area contributed by atoms with Crippen LogP contribution in [0.3, 0.4) is 0 Å². The maximum atomic E-state index is 4.44. The normalized spacial score (nSPS) is 10.8. The first-order chi connectivity index (χ1) is 10.2. The van der Waals surface area contributed by atoms with E-state index in [0.717, 1.165) is 45.6 Å². The molecule has 3 aromatic rings. The van der Waals surface area contributed by atoms with Gasteiger partial charge in [-0.2, -0.15) is 0 Å². The lowest BCUT2D eigenvalue weighted by molar-refractivity contribution is 0.988. The van der Waals surface area contributed by atoms with E-state index in [9.17, 15) is 0 Å². The quantitative estimate of drug-likeness (QED) is 0.793. The lowest BCUT2D eigenvalue weighted by atomic mass is 10.00. The summed E-state index contributed by atoms with van der Waals surface area (Å²) in [5.74, 6) is 0.858. The second kappa shape index (κ2) is 5.48. The lowest BCUT2D eigenvalue weighted by Crippen LogP contribution is -2.06. The molecular formula is C17H18N4. The van der Waals surface area contributed by atoms with Gasteiger partial charge in [-0.3, -0.25) is 4.98 Å². The van der Waals surface area contributed by atoms with Gasteiger partial charge >= 0.3 is 0 Å². The highest BCUT2D eigenvalue weighted by atomic mass is 15.2. The molecule has 106 valence electrons. The molecule has 0 unspecified atom stereocenters. The zero-order valence-electron chi connectivity index (χ0n) is 12.5. The number of hydrogen-bond donors (Lipinski definition) is 1. The molecule has 0 radical (unpaired) electrons. The van der Waals surface area contributed by atoms with E-state index in [0.29, 0.717) is 0 Å². The summed E-state index contributed by atoms with van der Waals surface area (Å²) in [5, 5.41) is 13.1. The van der Waals surface area contributed by atoms with E-state index in [4.69, 9.17) is 0 Å². The molecule has 2 aromatic heterocycles. The van der Waals surface area contributed by atoms with Crippen molar-refractivity contribution in [1.82, 2.24) is 15.2 Å². The highest BCUT2D eigenvalue weighted by Gasteiger charge is 2.13. The molecule has 0 saturated carbocycles. The van der Waals surface area contributed by atoms with Gasteiger partial charge in [0.1, 0.15) is 0 Å². The predicted molar refractivity (Wildman–Crippen MR) is 86.4 cm³/mol. The second-order valence-electron chi connectivity index (χ2n) is 5.05. The Bertz CT molecular complexity index is 791. The van der Waals surface area contributed by atoms with Crippen molar-refractivity contribution >= 4 is 16.7 Å². The molecule has 0 aliphatic rings. The van der Waals surface area contributed by atoms with Crippen LogP contribution >= 0.6 is 0 Å². The summed E-state index contributed by atoms with van der Waals surface area (Å²) in [4.78, 5) is 4.41. The monoisotopic (exact) mass is 278 g/mol. The number of pyridine rings is 1. The van der Waals surface area contributed by atoms with Crippen LogP contribution in [0.25, 0.3) is 22.2 Å². The van der Waals surface area contributed by atoms with Gasteiger partial charge in [0, 0.05) is 23.7 Å². The number of anilines is 1. The summed E-state index contributed by atoms with van der Waals surface area (Å²) >= 11 is 0.